The van der Waals surface area contributed by atoms with E-state index in [-0.39, 0.29) is 5.91 Å². The van der Waals surface area contributed by atoms with E-state index in [1.807, 2.05) is 54.6 Å². The van der Waals surface area contributed by atoms with E-state index in [1.54, 1.807) is 31.2 Å². The van der Waals surface area contributed by atoms with Crippen LogP contribution in [0.1, 0.15) is 28.6 Å². The van der Waals surface area contributed by atoms with Gasteiger partial charge in [-0.15, -0.1) is 10.2 Å². The molecule has 32 heavy (non-hydrogen) atoms. The first kappa shape index (κ1) is 21.7. The van der Waals surface area contributed by atoms with Crippen molar-refractivity contribution in [2.75, 3.05) is 7.11 Å². The number of hydrogen-bond acceptors (Lipinski definition) is 6. The van der Waals surface area contributed by atoms with Crippen molar-refractivity contribution in [2.45, 2.75) is 30.9 Å². The Labute approximate surface area is 190 Å². The molecule has 0 aliphatic rings. The van der Waals surface area contributed by atoms with Gasteiger partial charge in [-0.1, -0.05) is 42.1 Å². The van der Waals surface area contributed by atoms with Crippen molar-refractivity contribution in [1.82, 2.24) is 20.1 Å². The lowest BCUT2D eigenvalue weighted by molar-refractivity contribution is 0.0947. The zero-order valence-corrected chi connectivity index (χ0v) is 18.8. The highest BCUT2D eigenvalue weighted by atomic mass is 32.2. The molecule has 0 unspecified atom stereocenters. The molecule has 0 saturated carbocycles. The molecule has 2 aromatic carbocycles. The van der Waals surface area contributed by atoms with Crippen LogP contribution < -0.4 is 10.1 Å². The van der Waals surface area contributed by atoms with Crippen LogP contribution in [0, 0.1) is 0 Å². The molecular formula is C24H24N4O3S. The Bertz CT molecular complexity index is 1190. The van der Waals surface area contributed by atoms with Gasteiger partial charge >= 0.3 is 0 Å². The van der Waals surface area contributed by atoms with Crippen LogP contribution in [0.15, 0.2) is 76.5 Å². The second-order valence-corrected chi connectivity index (χ2v) is 7.93. The SMILES string of the molecule is CCn1c(SCc2ccccc2C(=O)NCc2ccco2)nnc1-c1cccc(OC)c1. The van der Waals surface area contributed by atoms with Gasteiger partial charge in [0.1, 0.15) is 11.5 Å². The fourth-order valence-electron chi connectivity index (χ4n) is 3.34. The molecule has 2 heterocycles. The number of carbonyl (C=O) groups excluding carboxylic acids is 1. The molecule has 4 rings (SSSR count). The summed E-state index contributed by atoms with van der Waals surface area (Å²) in [6.45, 7) is 3.14. The number of thioether (sulfide) groups is 1. The summed E-state index contributed by atoms with van der Waals surface area (Å²) in [5, 5.41) is 12.5. The lowest BCUT2D eigenvalue weighted by Gasteiger charge is -2.11. The van der Waals surface area contributed by atoms with Gasteiger partial charge in [-0.3, -0.25) is 4.79 Å². The molecular weight excluding hydrogens is 424 g/mol. The van der Waals surface area contributed by atoms with Gasteiger partial charge in [0.25, 0.3) is 5.91 Å². The number of aromatic nitrogens is 3. The van der Waals surface area contributed by atoms with E-state index in [0.717, 1.165) is 34.4 Å². The van der Waals surface area contributed by atoms with Gasteiger partial charge in [0.05, 0.1) is 19.9 Å². The fourth-order valence-corrected chi connectivity index (χ4v) is 4.35. The third-order valence-corrected chi connectivity index (χ3v) is 6.00. The van der Waals surface area contributed by atoms with E-state index in [0.29, 0.717) is 23.6 Å². The number of furan rings is 1. The number of nitrogens with one attached hydrogen (secondary N) is 1. The zero-order chi connectivity index (χ0) is 22.3. The predicted octanol–water partition coefficient (Wildman–Crippen LogP) is 4.79. The Hall–Kier alpha value is -3.52. The molecule has 4 aromatic rings. The maximum Gasteiger partial charge on any atom is 0.251 e. The lowest BCUT2D eigenvalue weighted by atomic mass is 10.1. The normalized spacial score (nSPS) is 10.8. The van der Waals surface area contributed by atoms with E-state index in [2.05, 4.69) is 27.0 Å². The molecule has 0 bridgehead atoms. The van der Waals surface area contributed by atoms with Gasteiger partial charge < -0.3 is 19.0 Å². The zero-order valence-electron chi connectivity index (χ0n) is 17.9. The molecule has 2 aromatic heterocycles. The van der Waals surface area contributed by atoms with Crippen LogP contribution in [0.2, 0.25) is 0 Å². The molecule has 164 valence electrons. The maximum absolute atomic E-state index is 12.7. The van der Waals surface area contributed by atoms with Crippen LogP contribution in [0.4, 0.5) is 0 Å². The second kappa shape index (κ2) is 10.2. The third kappa shape index (κ3) is 4.86. The van der Waals surface area contributed by atoms with Crippen molar-refractivity contribution < 1.29 is 13.9 Å². The second-order valence-electron chi connectivity index (χ2n) is 6.99. The van der Waals surface area contributed by atoms with E-state index in [9.17, 15) is 4.79 Å². The largest absolute Gasteiger partial charge is 0.497 e. The molecule has 0 aliphatic heterocycles. The smallest absolute Gasteiger partial charge is 0.251 e. The van der Waals surface area contributed by atoms with Gasteiger partial charge in [-0.25, -0.2) is 0 Å². The molecule has 0 atom stereocenters. The average Bonchev–Trinajstić information content (AvgIpc) is 3.51. The van der Waals surface area contributed by atoms with Crippen molar-refractivity contribution >= 4 is 17.7 Å². The van der Waals surface area contributed by atoms with Crippen molar-refractivity contribution in [2.24, 2.45) is 0 Å². The van der Waals surface area contributed by atoms with Gasteiger partial charge in [0.2, 0.25) is 0 Å². The number of rotatable bonds is 9. The summed E-state index contributed by atoms with van der Waals surface area (Å²) in [6.07, 6.45) is 1.59. The highest BCUT2D eigenvalue weighted by Gasteiger charge is 2.16. The van der Waals surface area contributed by atoms with Crippen molar-refractivity contribution in [1.29, 1.82) is 0 Å². The number of benzene rings is 2. The summed E-state index contributed by atoms with van der Waals surface area (Å²) in [7, 11) is 1.65. The minimum absolute atomic E-state index is 0.133. The van der Waals surface area contributed by atoms with E-state index in [4.69, 9.17) is 9.15 Å². The van der Waals surface area contributed by atoms with Crippen molar-refractivity contribution in [3.8, 4) is 17.1 Å². The van der Waals surface area contributed by atoms with Crippen LogP contribution in [-0.2, 0) is 18.8 Å². The van der Waals surface area contributed by atoms with Crippen molar-refractivity contribution in [3.05, 3.63) is 83.8 Å². The Morgan fingerprint density at radius 1 is 1.12 bits per heavy atom. The molecule has 1 amide bonds. The number of carbonyl (C=O) groups is 1. The van der Waals surface area contributed by atoms with Crippen LogP contribution in [-0.4, -0.2) is 27.8 Å². The minimum Gasteiger partial charge on any atom is -0.497 e. The number of hydrogen-bond donors (Lipinski definition) is 1. The minimum atomic E-state index is -0.133. The molecule has 0 spiro atoms. The fraction of sp³-hybridized carbons (Fsp3) is 0.208. The summed E-state index contributed by atoms with van der Waals surface area (Å²) in [6, 6.07) is 19.0. The number of amides is 1. The standard InChI is InChI=1S/C24H24N4O3S/c1-3-28-22(17-9-6-10-19(14-17)30-2)26-27-24(28)32-16-18-8-4-5-12-21(18)23(29)25-15-20-11-7-13-31-20/h4-14H,3,15-16H2,1-2H3,(H,25,29). The van der Waals surface area contributed by atoms with Gasteiger partial charge in [-0.05, 0) is 42.8 Å². The molecule has 0 saturated heterocycles. The first-order chi connectivity index (χ1) is 15.7. The van der Waals surface area contributed by atoms with Crippen LogP contribution in [0.5, 0.6) is 5.75 Å². The number of nitrogens with zero attached hydrogens (tertiary/aromatic N) is 3. The van der Waals surface area contributed by atoms with Crippen LogP contribution in [0.3, 0.4) is 0 Å². The molecule has 0 radical (unpaired) electrons. The Balaban J connectivity index is 1.49. The Morgan fingerprint density at radius 3 is 2.78 bits per heavy atom. The Morgan fingerprint density at radius 2 is 2.00 bits per heavy atom. The molecule has 8 heteroatoms. The van der Waals surface area contributed by atoms with Gasteiger partial charge in [-0.2, -0.15) is 0 Å². The molecule has 7 nitrogen and oxygen atoms in total. The van der Waals surface area contributed by atoms with Gasteiger partial charge in [0, 0.05) is 23.4 Å². The summed E-state index contributed by atoms with van der Waals surface area (Å²) in [5.41, 5.74) is 2.52. The summed E-state index contributed by atoms with van der Waals surface area (Å²) < 4.78 is 12.7. The summed E-state index contributed by atoms with van der Waals surface area (Å²) in [4.78, 5) is 12.7. The van der Waals surface area contributed by atoms with Crippen LogP contribution in [0.25, 0.3) is 11.4 Å². The van der Waals surface area contributed by atoms with Gasteiger partial charge in [0.15, 0.2) is 11.0 Å². The monoisotopic (exact) mass is 448 g/mol. The quantitative estimate of drug-likeness (QED) is 0.371. The highest BCUT2D eigenvalue weighted by molar-refractivity contribution is 7.98. The lowest BCUT2D eigenvalue weighted by Crippen LogP contribution is -2.23. The molecule has 0 aliphatic carbocycles. The maximum atomic E-state index is 12.7. The number of methoxy groups -OCH3 is 1. The molecule has 0 fully saturated rings. The topological polar surface area (TPSA) is 82.2 Å². The summed E-state index contributed by atoms with van der Waals surface area (Å²) in [5.74, 6) is 2.74. The van der Waals surface area contributed by atoms with Crippen LogP contribution >= 0.6 is 11.8 Å². The summed E-state index contributed by atoms with van der Waals surface area (Å²) >= 11 is 1.56. The van der Waals surface area contributed by atoms with E-state index < -0.39 is 0 Å². The highest BCUT2D eigenvalue weighted by Crippen LogP contribution is 2.29. The molecule has 1 N–H and O–H groups in total. The Kier molecular flexibility index (Phi) is 6.91. The van der Waals surface area contributed by atoms with E-state index in [1.165, 1.54) is 0 Å². The first-order valence-corrected chi connectivity index (χ1v) is 11.3. The number of ether oxygens (including phenoxy) is 1. The third-order valence-electron chi connectivity index (χ3n) is 4.98. The van der Waals surface area contributed by atoms with Crippen molar-refractivity contribution in [3.63, 3.8) is 0 Å². The predicted molar refractivity (Wildman–Crippen MR) is 124 cm³/mol. The first-order valence-electron chi connectivity index (χ1n) is 10.3. The van der Waals surface area contributed by atoms with E-state index >= 15 is 0 Å². The average molecular weight is 449 g/mol.